The third-order valence-corrected chi connectivity index (χ3v) is 2.89. The summed E-state index contributed by atoms with van der Waals surface area (Å²) in [5, 5.41) is 1.38. The van der Waals surface area contributed by atoms with Crippen LogP contribution >= 0.6 is 11.6 Å². The van der Waals surface area contributed by atoms with E-state index in [1.807, 2.05) is 19.2 Å². The van der Waals surface area contributed by atoms with Gasteiger partial charge in [0.1, 0.15) is 5.82 Å². The minimum Gasteiger partial charge on any atom is -0.359 e. The van der Waals surface area contributed by atoms with E-state index >= 15 is 0 Å². The van der Waals surface area contributed by atoms with Crippen molar-refractivity contribution in [1.29, 1.82) is 0 Å². The SMILES string of the molecule is CCN(C)c1nc(Cl)nc2cccc(C)c12. The fourth-order valence-electron chi connectivity index (χ4n) is 1.73. The second kappa shape index (κ2) is 4.26. The highest BCUT2D eigenvalue weighted by Gasteiger charge is 2.11. The standard InChI is InChI=1S/C12H14ClN3/c1-4-16(3)11-10-8(2)6-5-7-9(10)14-12(13)15-11/h5-7H,4H2,1-3H3. The van der Waals surface area contributed by atoms with E-state index < -0.39 is 0 Å². The number of halogens is 1. The van der Waals surface area contributed by atoms with Gasteiger partial charge in [-0.05, 0) is 37.1 Å². The summed E-state index contributed by atoms with van der Waals surface area (Å²) in [6.07, 6.45) is 0. The lowest BCUT2D eigenvalue weighted by molar-refractivity contribution is 0.939. The van der Waals surface area contributed by atoms with Gasteiger partial charge in [0.15, 0.2) is 0 Å². The highest BCUT2D eigenvalue weighted by molar-refractivity contribution is 6.28. The van der Waals surface area contributed by atoms with Crippen molar-refractivity contribution in [2.75, 3.05) is 18.5 Å². The maximum atomic E-state index is 5.93. The lowest BCUT2D eigenvalue weighted by Crippen LogP contribution is -2.18. The Balaban J connectivity index is 2.80. The van der Waals surface area contributed by atoms with Gasteiger partial charge < -0.3 is 4.90 Å². The summed E-state index contributed by atoms with van der Waals surface area (Å²) < 4.78 is 0. The summed E-state index contributed by atoms with van der Waals surface area (Å²) in [7, 11) is 2.00. The second-order valence-corrected chi connectivity index (χ2v) is 4.14. The number of hydrogen-bond acceptors (Lipinski definition) is 3. The highest BCUT2D eigenvalue weighted by atomic mass is 35.5. The Morgan fingerprint density at radius 2 is 2.06 bits per heavy atom. The number of fused-ring (bicyclic) bond motifs is 1. The molecule has 0 aliphatic rings. The first kappa shape index (κ1) is 11.1. The molecule has 0 unspecified atom stereocenters. The topological polar surface area (TPSA) is 29.0 Å². The minimum absolute atomic E-state index is 0.299. The highest BCUT2D eigenvalue weighted by Crippen LogP contribution is 2.27. The minimum atomic E-state index is 0.299. The van der Waals surface area contributed by atoms with Crippen LogP contribution in [0.25, 0.3) is 10.9 Å². The molecular formula is C12H14ClN3. The van der Waals surface area contributed by atoms with Gasteiger partial charge in [-0.25, -0.2) is 4.98 Å². The fourth-order valence-corrected chi connectivity index (χ4v) is 1.90. The second-order valence-electron chi connectivity index (χ2n) is 3.80. The van der Waals surface area contributed by atoms with Gasteiger partial charge in [-0.3, -0.25) is 0 Å². The van der Waals surface area contributed by atoms with Crippen LogP contribution < -0.4 is 4.90 Å². The molecule has 0 aliphatic carbocycles. The number of aryl methyl sites for hydroxylation is 1. The Hall–Kier alpha value is -1.35. The number of aromatic nitrogens is 2. The summed E-state index contributed by atoms with van der Waals surface area (Å²) >= 11 is 5.93. The van der Waals surface area contributed by atoms with Crippen LogP contribution in [0.15, 0.2) is 18.2 Å². The van der Waals surface area contributed by atoms with Crippen LogP contribution in [0.1, 0.15) is 12.5 Å². The molecular weight excluding hydrogens is 222 g/mol. The van der Waals surface area contributed by atoms with E-state index in [0.717, 1.165) is 23.3 Å². The van der Waals surface area contributed by atoms with Gasteiger partial charge >= 0.3 is 0 Å². The molecule has 0 saturated carbocycles. The largest absolute Gasteiger partial charge is 0.359 e. The number of nitrogens with zero attached hydrogens (tertiary/aromatic N) is 3. The van der Waals surface area contributed by atoms with Crippen LogP contribution in [0.4, 0.5) is 5.82 Å². The predicted molar refractivity (Wildman–Crippen MR) is 68.2 cm³/mol. The monoisotopic (exact) mass is 235 g/mol. The quantitative estimate of drug-likeness (QED) is 0.750. The zero-order chi connectivity index (χ0) is 11.7. The van der Waals surface area contributed by atoms with E-state index in [4.69, 9.17) is 11.6 Å². The zero-order valence-electron chi connectivity index (χ0n) is 9.66. The molecule has 1 heterocycles. The Kier molecular flexibility index (Phi) is 2.97. The number of rotatable bonds is 2. The van der Waals surface area contributed by atoms with Gasteiger partial charge in [0.25, 0.3) is 0 Å². The molecule has 0 bridgehead atoms. The van der Waals surface area contributed by atoms with E-state index in [1.165, 1.54) is 5.56 Å². The smallest absolute Gasteiger partial charge is 0.224 e. The van der Waals surface area contributed by atoms with Crippen LogP contribution in [0.3, 0.4) is 0 Å². The lowest BCUT2D eigenvalue weighted by atomic mass is 10.1. The van der Waals surface area contributed by atoms with Crippen LogP contribution in [0, 0.1) is 6.92 Å². The van der Waals surface area contributed by atoms with Crippen LogP contribution in [0.5, 0.6) is 0 Å². The number of hydrogen-bond donors (Lipinski definition) is 0. The van der Waals surface area contributed by atoms with Crippen molar-refractivity contribution in [3.8, 4) is 0 Å². The van der Waals surface area contributed by atoms with Gasteiger partial charge in [-0.2, -0.15) is 4.98 Å². The normalized spacial score (nSPS) is 10.8. The molecule has 2 rings (SSSR count). The van der Waals surface area contributed by atoms with E-state index in [9.17, 15) is 0 Å². The fraction of sp³-hybridized carbons (Fsp3) is 0.333. The van der Waals surface area contributed by atoms with Gasteiger partial charge in [-0.15, -0.1) is 0 Å². The molecule has 3 nitrogen and oxygen atoms in total. The van der Waals surface area contributed by atoms with Crippen molar-refractivity contribution >= 4 is 28.3 Å². The van der Waals surface area contributed by atoms with Crippen molar-refractivity contribution in [1.82, 2.24) is 9.97 Å². The van der Waals surface area contributed by atoms with Crippen LogP contribution in [-0.4, -0.2) is 23.6 Å². The number of benzene rings is 1. The molecule has 0 amide bonds. The third-order valence-electron chi connectivity index (χ3n) is 2.72. The molecule has 16 heavy (non-hydrogen) atoms. The maximum Gasteiger partial charge on any atom is 0.224 e. The van der Waals surface area contributed by atoms with Gasteiger partial charge in [-0.1, -0.05) is 12.1 Å². The number of anilines is 1. The molecule has 0 N–H and O–H groups in total. The Labute approximate surface area is 100 Å². The molecule has 1 aromatic carbocycles. The molecule has 0 aliphatic heterocycles. The summed E-state index contributed by atoms with van der Waals surface area (Å²) in [6.45, 7) is 5.03. The Bertz CT molecular complexity index is 525. The van der Waals surface area contributed by atoms with Crippen molar-refractivity contribution < 1.29 is 0 Å². The molecule has 0 spiro atoms. The van der Waals surface area contributed by atoms with Gasteiger partial charge in [0, 0.05) is 19.0 Å². The molecule has 4 heteroatoms. The molecule has 0 radical (unpaired) electrons. The molecule has 0 atom stereocenters. The van der Waals surface area contributed by atoms with Gasteiger partial charge in [0.2, 0.25) is 5.28 Å². The van der Waals surface area contributed by atoms with Crippen LogP contribution in [0.2, 0.25) is 5.28 Å². The molecule has 0 saturated heterocycles. The van der Waals surface area contributed by atoms with Gasteiger partial charge in [0.05, 0.1) is 5.52 Å². The third kappa shape index (κ3) is 1.83. The van der Waals surface area contributed by atoms with E-state index in [0.29, 0.717) is 5.28 Å². The average molecular weight is 236 g/mol. The molecule has 84 valence electrons. The van der Waals surface area contributed by atoms with Crippen molar-refractivity contribution in [3.05, 3.63) is 29.0 Å². The molecule has 2 aromatic rings. The first-order valence-electron chi connectivity index (χ1n) is 5.27. The summed E-state index contributed by atoms with van der Waals surface area (Å²) in [5.41, 5.74) is 2.07. The zero-order valence-corrected chi connectivity index (χ0v) is 10.4. The summed E-state index contributed by atoms with van der Waals surface area (Å²) in [6, 6.07) is 6.01. The van der Waals surface area contributed by atoms with Crippen molar-refractivity contribution in [2.45, 2.75) is 13.8 Å². The maximum absolute atomic E-state index is 5.93. The molecule has 0 fully saturated rings. The van der Waals surface area contributed by atoms with Crippen molar-refractivity contribution in [2.24, 2.45) is 0 Å². The lowest BCUT2D eigenvalue weighted by Gasteiger charge is -2.18. The predicted octanol–water partition coefficient (Wildman–Crippen LogP) is 3.05. The van der Waals surface area contributed by atoms with E-state index in [1.54, 1.807) is 0 Å². The summed E-state index contributed by atoms with van der Waals surface area (Å²) in [4.78, 5) is 10.6. The van der Waals surface area contributed by atoms with E-state index in [-0.39, 0.29) is 0 Å². The first-order valence-corrected chi connectivity index (χ1v) is 5.65. The Morgan fingerprint density at radius 3 is 2.75 bits per heavy atom. The average Bonchev–Trinajstić information content (AvgIpc) is 2.27. The summed E-state index contributed by atoms with van der Waals surface area (Å²) in [5.74, 6) is 0.899. The molecule has 1 aromatic heterocycles. The van der Waals surface area contributed by atoms with Crippen molar-refractivity contribution in [3.63, 3.8) is 0 Å². The Morgan fingerprint density at radius 1 is 1.31 bits per heavy atom. The van der Waals surface area contributed by atoms with Crippen LogP contribution in [-0.2, 0) is 0 Å². The first-order chi connectivity index (χ1) is 7.63. The van der Waals surface area contributed by atoms with E-state index in [2.05, 4.69) is 34.8 Å².